The summed E-state index contributed by atoms with van der Waals surface area (Å²) in [6, 6.07) is 0. The van der Waals surface area contributed by atoms with Gasteiger partial charge in [0.1, 0.15) is 19.8 Å². The lowest BCUT2D eigenvalue weighted by molar-refractivity contribution is -0.163. The average Bonchev–Trinajstić information content (AvgIpc) is 2.97. The van der Waals surface area contributed by atoms with E-state index >= 15 is 0 Å². The van der Waals surface area contributed by atoms with Crippen molar-refractivity contribution in [2.45, 2.75) is 157 Å². The molecule has 6 heteroatoms. The van der Waals surface area contributed by atoms with Crippen LogP contribution in [0.5, 0.6) is 0 Å². The number of ether oxygens (including phenoxy) is 3. The maximum atomic E-state index is 12.7. The molecule has 0 rings (SSSR count). The minimum absolute atomic E-state index is 0.00119. The molecule has 0 N–H and O–H groups in total. The molecule has 2 atom stereocenters. The monoisotopic (exact) mass is 580 g/mol. The van der Waals surface area contributed by atoms with Gasteiger partial charge in [0.05, 0.1) is 11.3 Å². The topological polar surface area (TPSA) is 78.9 Å². The fourth-order valence-corrected chi connectivity index (χ4v) is 4.89. The zero-order valence-corrected chi connectivity index (χ0v) is 27.4. The highest BCUT2D eigenvalue weighted by molar-refractivity contribution is 5.81. The summed E-state index contributed by atoms with van der Waals surface area (Å²) in [5.41, 5.74) is -0.777. The summed E-state index contributed by atoms with van der Waals surface area (Å²) in [5, 5.41) is 0. The Bertz CT molecular complexity index is 688. The van der Waals surface area contributed by atoms with Crippen LogP contribution in [0.4, 0.5) is 0 Å². The third-order valence-electron chi connectivity index (χ3n) is 8.14. The lowest BCUT2D eigenvalue weighted by Crippen LogP contribution is -2.39. The van der Waals surface area contributed by atoms with E-state index in [1.807, 2.05) is 13.8 Å². The second kappa shape index (κ2) is 25.8. The standard InChI is InChI=1S/C35H64O6/c1-7-11-25-31(8-2)34(38)41-29-35(10-4,27-39-32(36)9-3)28-40-33(37)26-23-21-19-17-15-13-12-14-16-18-20-22-24-30(5)6/h9,30-31H,3,7-8,10-29H2,1-2,4-6H3. The van der Waals surface area contributed by atoms with Gasteiger partial charge in [0, 0.05) is 12.5 Å². The van der Waals surface area contributed by atoms with E-state index in [1.54, 1.807) is 0 Å². The Morgan fingerprint density at radius 3 is 1.68 bits per heavy atom. The van der Waals surface area contributed by atoms with Gasteiger partial charge in [-0.1, -0.05) is 131 Å². The largest absolute Gasteiger partial charge is 0.465 e. The van der Waals surface area contributed by atoms with Crippen molar-refractivity contribution in [3.63, 3.8) is 0 Å². The molecule has 0 aliphatic rings. The first-order valence-corrected chi connectivity index (χ1v) is 16.8. The van der Waals surface area contributed by atoms with E-state index in [-0.39, 0.29) is 37.7 Å². The zero-order chi connectivity index (χ0) is 30.8. The van der Waals surface area contributed by atoms with Gasteiger partial charge in [0.15, 0.2) is 0 Å². The lowest BCUT2D eigenvalue weighted by Gasteiger charge is -2.31. The quantitative estimate of drug-likeness (QED) is 0.0397. The highest BCUT2D eigenvalue weighted by Gasteiger charge is 2.34. The first-order valence-electron chi connectivity index (χ1n) is 16.8. The number of esters is 3. The molecule has 0 amide bonds. The van der Waals surface area contributed by atoms with Gasteiger partial charge >= 0.3 is 17.9 Å². The Balaban J connectivity index is 4.32. The van der Waals surface area contributed by atoms with Crippen molar-refractivity contribution in [1.82, 2.24) is 0 Å². The van der Waals surface area contributed by atoms with Crippen molar-refractivity contribution in [3.8, 4) is 0 Å². The Hall–Kier alpha value is -1.85. The summed E-state index contributed by atoms with van der Waals surface area (Å²) in [6.45, 7) is 14.1. The Morgan fingerprint density at radius 2 is 1.20 bits per heavy atom. The van der Waals surface area contributed by atoms with Gasteiger partial charge in [-0.3, -0.25) is 9.59 Å². The predicted molar refractivity (Wildman–Crippen MR) is 169 cm³/mol. The summed E-state index contributed by atoms with van der Waals surface area (Å²) in [5.74, 6) is -0.359. The second-order valence-electron chi connectivity index (χ2n) is 12.4. The molecular formula is C35H64O6. The molecule has 0 bridgehead atoms. The minimum Gasteiger partial charge on any atom is -0.465 e. The minimum atomic E-state index is -0.777. The van der Waals surface area contributed by atoms with E-state index in [2.05, 4.69) is 27.4 Å². The molecule has 0 heterocycles. The van der Waals surface area contributed by atoms with E-state index in [9.17, 15) is 14.4 Å². The molecule has 0 aliphatic heterocycles. The van der Waals surface area contributed by atoms with Gasteiger partial charge in [-0.25, -0.2) is 4.79 Å². The maximum Gasteiger partial charge on any atom is 0.330 e. The molecule has 240 valence electrons. The fraction of sp³-hybridized carbons (Fsp3) is 0.857. The molecule has 0 saturated carbocycles. The van der Waals surface area contributed by atoms with Gasteiger partial charge in [-0.2, -0.15) is 0 Å². The normalized spacial score (nSPS) is 13.4. The summed E-state index contributed by atoms with van der Waals surface area (Å²) >= 11 is 0. The van der Waals surface area contributed by atoms with Crippen LogP contribution in [0.25, 0.3) is 0 Å². The third-order valence-corrected chi connectivity index (χ3v) is 8.14. The van der Waals surface area contributed by atoms with E-state index < -0.39 is 11.4 Å². The molecule has 0 spiro atoms. The van der Waals surface area contributed by atoms with Crippen LogP contribution in [0, 0.1) is 17.3 Å². The van der Waals surface area contributed by atoms with Gasteiger partial charge in [-0.05, 0) is 31.6 Å². The van der Waals surface area contributed by atoms with Crippen LogP contribution in [-0.4, -0.2) is 37.7 Å². The number of carbonyl (C=O) groups excluding carboxylic acids is 3. The smallest absolute Gasteiger partial charge is 0.330 e. The molecule has 41 heavy (non-hydrogen) atoms. The van der Waals surface area contributed by atoms with Crippen molar-refractivity contribution in [2.75, 3.05) is 19.8 Å². The molecule has 0 fully saturated rings. The van der Waals surface area contributed by atoms with Gasteiger partial charge < -0.3 is 14.2 Å². The molecule has 0 aliphatic carbocycles. The second-order valence-corrected chi connectivity index (χ2v) is 12.4. The van der Waals surface area contributed by atoms with Gasteiger partial charge in [0.2, 0.25) is 0 Å². The average molecular weight is 581 g/mol. The summed E-state index contributed by atoms with van der Waals surface area (Å²) < 4.78 is 16.6. The molecule has 0 radical (unpaired) electrons. The van der Waals surface area contributed by atoms with Crippen molar-refractivity contribution < 1.29 is 28.6 Å². The summed E-state index contributed by atoms with van der Waals surface area (Å²) in [4.78, 5) is 36.9. The van der Waals surface area contributed by atoms with Crippen molar-refractivity contribution >= 4 is 17.9 Å². The lowest BCUT2D eigenvalue weighted by atomic mass is 9.87. The summed E-state index contributed by atoms with van der Waals surface area (Å²) in [6.07, 6.45) is 21.9. The third kappa shape index (κ3) is 21.5. The molecule has 0 aromatic rings. The van der Waals surface area contributed by atoms with Crippen LogP contribution in [0.1, 0.15) is 157 Å². The van der Waals surface area contributed by atoms with Crippen molar-refractivity contribution in [3.05, 3.63) is 12.7 Å². The first-order chi connectivity index (χ1) is 19.7. The summed E-state index contributed by atoms with van der Waals surface area (Å²) in [7, 11) is 0. The van der Waals surface area contributed by atoms with Crippen LogP contribution >= 0.6 is 0 Å². The number of hydrogen-bond acceptors (Lipinski definition) is 6. The maximum absolute atomic E-state index is 12.7. The first kappa shape index (κ1) is 39.1. The van der Waals surface area contributed by atoms with Crippen LogP contribution in [0.15, 0.2) is 12.7 Å². The van der Waals surface area contributed by atoms with E-state index in [0.717, 1.165) is 56.9 Å². The SMILES string of the molecule is C=CC(=O)OCC(CC)(COC(=O)CCCCCCCCCCCCCCC(C)C)COC(=O)C(CC)CCCC. The van der Waals surface area contributed by atoms with Crippen LogP contribution in [-0.2, 0) is 28.6 Å². The van der Waals surface area contributed by atoms with E-state index in [0.29, 0.717) is 12.8 Å². The number of hydrogen-bond donors (Lipinski definition) is 0. The zero-order valence-electron chi connectivity index (χ0n) is 27.4. The Morgan fingerprint density at radius 1 is 0.683 bits per heavy atom. The molecule has 0 saturated heterocycles. The van der Waals surface area contributed by atoms with Gasteiger partial charge in [-0.15, -0.1) is 0 Å². The fourth-order valence-electron chi connectivity index (χ4n) is 4.89. The number of carbonyl (C=O) groups is 3. The molecule has 0 aromatic carbocycles. The predicted octanol–water partition coefficient (Wildman–Crippen LogP) is 9.53. The van der Waals surface area contributed by atoms with Gasteiger partial charge in [0.25, 0.3) is 0 Å². The Kier molecular flexibility index (Phi) is 24.7. The van der Waals surface area contributed by atoms with E-state index in [4.69, 9.17) is 14.2 Å². The van der Waals surface area contributed by atoms with E-state index in [1.165, 1.54) is 64.2 Å². The van der Waals surface area contributed by atoms with Crippen LogP contribution in [0.3, 0.4) is 0 Å². The number of rotatable bonds is 28. The Labute approximate surface area is 252 Å². The van der Waals surface area contributed by atoms with Crippen LogP contribution in [0.2, 0.25) is 0 Å². The molecule has 2 unspecified atom stereocenters. The number of unbranched alkanes of at least 4 members (excludes halogenated alkanes) is 12. The molecule has 0 aromatic heterocycles. The highest BCUT2D eigenvalue weighted by atomic mass is 16.6. The van der Waals surface area contributed by atoms with Crippen molar-refractivity contribution in [2.24, 2.45) is 17.3 Å². The highest BCUT2D eigenvalue weighted by Crippen LogP contribution is 2.26. The molecule has 6 nitrogen and oxygen atoms in total. The van der Waals surface area contributed by atoms with Crippen LogP contribution < -0.4 is 0 Å². The van der Waals surface area contributed by atoms with Crippen molar-refractivity contribution in [1.29, 1.82) is 0 Å². The molecular weight excluding hydrogens is 516 g/mol.